The molecule has 1 aromatic rings. The third-order valence-corrected chi connectivity index (χ3v) is 4.71. The highest BCUT2D eigenvalue weighted by Crippen LogP contribution is 2.26. The molecular weight excluding hydrogens is 276 g/mol. The van der Waals surface area contributed by atoms with Crippen LogP contribution in [0, 0.1) is 5.92 Å². The van der Waals surface area contributed by atoms with E-state index in [1.807, 2.05) is 18.2 Å². The Morgan fingerprint density at radius 3 is 2.91 bits per heavy atom. The Bertz CT molecular complexity index is 498. The fourth-order valence-electron chi connectivity index (χ4n) is 3.38. The van der Waals surface area contributed by atoms with E-state index < -0.39 is 0 Å². The number of hydrogen-bond acceptors (Lipinski definition) is 3. The van der Waals surface area contributed by atoms with Crippen LogP contribution in [0.4, 0.5) is 0 Å². The second-order valence-corrected chi connectivity index (χ2v) is 6.34. The Kier molecular flexibility index (Phi) is 5.33. The van der Waals surface area contributed by atoms with E-state index in [0.717, 1.165) is 37.2 Å². The molecule has 0 saturated carbocycles. The molecule has 4 heteroatoms. The van der Waals surface area contributed by atoms with E-state index in [0.29, 0.717) is 6.61 Å². The molecule has 3 rings (SSSR count). The Hall–Kier alpha value is -1.55. The molecular formula is C18H26N2O2. The van der Waals surface area contributed by atoms with Gasteiger partial charge in [-0.1, -0.05) is 24.6 Å². The number of rotatable bonds is 4. The third-order valence-electron chi connectivity index (χ3n) is 4.71. The highest BCUT2D eigenvalue weighted by molar-refractivity contribution is 5.79. The van der Waals surface area contributed by atoms with E-state index in [1.165, 1.54) is 32.4 Å². The SMILES string of the molecule is O=C(NCCN1CCCCC1)[C@H]1CCOc2ccccc2C1. The van der Waals surface area contributed by atoms with Crippen LogP contribution in [0.15, 0.2) is 24.3 Å². The molecule has 0 aromatic heterocycles. The van der Waals surface area contributed by atoms with Gasteiger partial charge < -0.3 is 15.0 Å². The van der Waals surface area contributed by atoms with Crippen LogP contribution in [0.2, 0.25) is 0 Å². The van der Waals surface area contributed by atoms with Crippen molar-refractivity contribution >= 4 is 5.91 Å². The van der Waals surface area contributed by atoms with Gasteiger partial charge >= 0.3 is 0 Å². The average Bonchev–Trinajstić information content (AvgIpc) is 2.78. The Labute approximate surface area is 132 Å². The van der Waals surface area contributed by atoms with Crippen molar-refractivity contribution in [1.29, 1.82) is 0 Å². The topological polar surface area (TPSA) is 41.6 Å². The third kappa shape index (κ3) is 4.01. The summed E-state index contributed by atoms with van der Waals surface area (Å²) in [4.78, 5) is 14.9. The Morgan fingerprint density at radius 2 is 2.05 bits per heavy atom. The summed E-state index contributed by atoms with van der Waals surface area (Å²) in [5.41, 5.74) is 1.15. The predicted molar refractivity (Wildman–Crippen MR) is 87.0 cm³/mol. The molecule has 120 valence electrons. The van der Waals surface area contributed by atoms with E-state index in [4.69, 9.17) is 4.74 Å². The number of ether oxygens (including phenoxy) is 1. The van der Waals surface area contributed by atoms with E-state index in [-0.39, 0.29) is 11.8 Å². The lowest BCUT2D eigenvalue weighted by molar-refractivity contribution is -0.125. The first-order valence-corrected chi connectivity index (χ1v) is 8.54. The number of para-hydroxylation sites is 1. The molecule has 0 radical (unpaired) electrons. The molecule has 0 unspecified atom stereocenters. The number of likely N-dealkylation sites (tertiary alicyclic amines) is 1. The van der Waals surface area contributed by atoms with E-state index in [1.54, 1.807) is 0 Å². The largest absolute Gasteiger partial charge is 0.493 e. The lowest BCUT2D eigenvalue weighted by Gasteiger charge is -2.26. The number of carbonyl (C=O) groups is 1. The first-order valence-electron chi connectivity index (χ1n) is 8.54. The number of hydrogen-bond donors (Lipinski definition) is 1. The minimum Gasteiger partial charge on any atom is -0.493 e. The van der Waals surface area contributed by atoms with Crippen molar-refractivity contribution in [2.75, 3.05) is 32.8 Å². The summed E-state index contributed by atoms with van der Waals surface area (Å²) in [6.07, 6.45) is 5.52. The predicted octanol–water partition coefficient (Wildman–Crippen LogP) is 2.23. The number of amides is 1. The van der Waals surface area contributed by atoms with Gasteiger partial charge in [0.25, 0.3) is 0 Å². The summed E-state index contributed by atoms with van der Waals surface area (Å²) in [7, 11) is 0. The molecule has 1 aromatic carbocycles. The molecule has 0 spiro atoms. The highest BCUT2D eigenvalue weighted by Gasteiger charge is 2.23. The monoisotopic (exact) mass is 302 g/mol. The van der Waals surface area contributed by atoms with Gasteiger partial charge in [-0.2, -0.15) is 0 Å². The molecule has 1 N–H and O–H groups in total. The summed E-state index contributed by atoms with van der Waals surface area (Å²) in [6.45, 7) is 4.73. The van der Waals surface area contributed by atoms with Crippen molar-refractivity contribution in [3.63, 3.8) is 0 Å². The first-order chi connectivity index (χ1) is 10.8. The molecule has 0 aliphatic carbocycles. The number of carbonyl (C=O) groups excluding carboxylic acids is 1. The summed E-state index contributed by atoms with van der Waals surface area (Å²) in [6, 6.07) is 8.05. The molecule has 1 fully saturated rings. The number of nitrogens with zero attached hydrogens (tertiary/aromatic N) is 1. The van der Waals surface area contributed by atoms with Crippen LogP contribution in [0.25, 0.3) is 0 Å². The van der Waals surface area contributed by atoms with Gasteiger partial charge in [0.2, 0.25) is 5.91 Å². The fourth-order valence-corrected chi connectivity index (χ4v) is 3.38. The van der Waals surface area contributed by atoms with Gasteiger partial charge in [0.1, 0.15) is 5.75 Å². The normalized spacial score (nSPS) is 22.3. The van der Waals surface area contributed by atoms with Crippen molar-refractivity contribution in [3.8, 4) is 5.75 Å². The Balaban J connectivity index is 1.47. The van der Waals surface area contributed by atoms with Crippen LogP contribution in [0.3, 0.4) is 0 Å². The minimum atomic E-state index is 0.0324. The molecule has 2 aliphatic heterocycles. The molecule has 22 heavy (non-hydrogen) atoms. The van der Waals surface area contributed by atoms with Gasteiger partial charge in [-0.3, -0.25) is 4.79 Å². The average molecular weight is 302 g/mol. The van der Waals surface area contributed by atoms with Crippen molar-refractivity contribution in [3.05, 3.63) is 29.8 Å². The maximum atomic E-state index is 12.4. The van der Waals surface area contributed by atoms with Crippen molar-refractivity contribution in [2.24, 2.45) is 5.92 Å². The maximum absolute atomic E-state index is 12.4. The van der Waals surface area contributed by atoms with Gasteiger partial charge in [-0.05, 0) is 50.4 Å². The molecule has 0 bridgehead atoms. The minimum absolute atomic E-state index is 0.0324. The highest BCUT2D eigenvalue weighted by atomic mass is 16.5. The lowest BCUT2D eigenvalue weighted by Crippen LogP contribution is -2.40. The van der Waals surface area contributed by atoms with Gasteiger partial charge in [-0.25, -0.2) is 0 Å². The van der Waals surface area contributed by atoms with E-state index >= 15 is 0 Å². The van der Waals surface area contributed by atoms with Gasteiger partial charge in [0.15, 0.2) is 0 Å². The smallest absolute Gasteiger partial charge is 0.223 e. The molecule has 1 atom stereocenters. The van der Waals surface area contributed by atoms with Crippen LogP contribution >= 0.6 is 0 Å². The quantitative estimate of drug-likeness (QED) is 0.927. The number of nitrogens with one attached hydrogen (secondary N) is 1. The maximum Gasteiger partial charge on any atom is 0.223 e. The summed E-state index contributed by atoms with van der Waals surface area (Å²) in [5.74, 6) is 1.15. The van der Waals surface area contributed by atoms with Crippen LogP contribution in [-0.4, -0.2) is 43.6 Å². The first kappa shape index (κ1) is 15.3. The second kappa shape index (κ2) is 7.63. The van der Waals surface area contributed by atoms with Crippen LogP contribution in [0.5, 0.6) is 5.75 Å². The zero-order valence-corrected chi connectivity index (χ0v) is 13.2. The van der Waals surface area contributed by atoms with Gasteiger partial charge in [0, 0.05) is 19.0 Å². The number of fused-ring (bicyclic) bond motifs is 1. The Morgan fingerprint density at radius 1 is 1.23 bits per heavy atom. The zero-order chi connectivity index (χ0) is 15.2. The zero-order valence-electron chi connectivity index (χ0n) is 13.2. The van der Waals surface area contributed by atoms with Crippen LogP contribution in [-0.2, 0) is 11.2 Å². The van der Waals surface area contributed by atoms with E-state index in [9.17, 15) is 4.79 Å². The standard InChI is InChI=1S/C18H26N2O2/c21-18(19-9-12-20-10-4-1-5-11-20)16-8-13-22-17-7-3-2-6-15(17)14-16/h2-3,6-7,16H,1,4-5,8-14H2,(H,19,21)/t16-/m0/s1. The number of piperidine rings is 1. The summed E-state index contributed by atoms with van der Waals surface area (Å²) in [5, 5.41) is 3.12. The van der Waals surface area contributed by atoms with Gasteiger partial charge in [-0.15, -0.1) is 0 Å². The molecule has 2 aliphatic rings. The van der Waals surface area contributed by atoms with Crippen molar-refractivity contribution in [2.45, 2.75) is 32.1 Å². The molecule has 4 nitrogen and oxygen atoms in total. The summed E-state index contributed by atoms with van der Waals surface area (Å²) >= 11 is 0. The van der Waals surface area contributed by atoms with E-state index in [2.05, 4.69) is 16.3 Å². The molecule has 1 amide bonds. The van der Waals surface area contributed by atoms with Crippen molar-refractivity contribution < 1.29 is 9.53 Å². The van der Waals surface area contributed by atoms with Crippen LogP contribution in [0.1, 0.15) is 31.2 Å². The van der Waals surface area contributed by atoms with Crippen molar-refractivity contribution in [1.82, 2.24) is 10.2 Å². The van der Waals surface area contributed by atoms with Gasteiger partial charge in [0.05, 0.1) is 6.61 Å². The fraction of sp³-hybridized carbons (Fsp3) is 0.611. The summed E-state index contributed by atoms with van der Waals surface area (Å²) < 4.78 is 5.74. The second-order valence-electron chi connectivity index (χ2n) is 6.34. The molecule has 1 saturated heterocycles. The lowest BCUT2D eigenvalue weighted by atomic mass is 9.96. The molecule has 2 heterocycles. The number of benzene rings is 1. The van der Waals surface area contributed by atoms with Crippen LogP contribution < -0.4 is 10.1 Å².